The average molecular weight is 443 g/mol. The number of benzene rings is 1. The molecule has 1 unspecified atom stereocenters. The van der Waals surface area contributed by atoms with Crippen LogP contribution in [0, 0.1) is 24.6 Å². The second-order valence-corrected chi connectivity index (χ2v) is 9.37. The van der Waals surface area contributed by atoms with Gasteiger partial charge < -0.3 is 4.90 Å². The molecule has 2 aromatic rings. The average Bonchev–Trinajstić information content (AvgIpc) is 3.10. The molecule has 0 spiro atoms. The molecule has 1 atom stereocenters. The van der Waals surface area contributed by atoms with E-state index in [0.29, 0.717) is 18.2 Å². The van der Waals surface area contributed by atoms with Crippen molar-refractivity contribution in [1.82, 2.24) is 19.6 Å². The van der Waals surface area contributed by atoms with Gasteiger partial charge in [-0.15, -0.1) is 0 Å². The van der Waals surface area contributed by atoms with Crippen molar-refractivity contribution in [1.29, 1.82) is 0 Å². The zero-order chi connectivity index (χ0) is 23.3. The smallest absolute Gasteiger partial charge is 0.225 e. The Bertz CT molecular complexity index is 884. The molecule has 1 aliphatic rings. The molecule has 0 radical (unpaired) electrons. The third kappa shape index (κ3) is 5.77. The Kier molecular flexibility index (Phi) is 8.46. The monoisotopic (exact) mass is 442 g/mol. The lowest BCUT2D eigenvalue weighted by Gasteiger charge is -2.41. The van der Waals surface area contributed by atoms with Crippen LogP contribution >= 0.6 is 0 Å². The molecule has 5 nitrogen and oxygen atoms in total. The molecule has 2 heterocycles. The Labute approximate surface area is 192 Å². The van der Waals surface area contributed by atoms with Gasteiger partial charge in [-0.05, 0) is 63.6 Å². The topological polar surface area (TPSA) is 41.4 Å². The molecule has 1 aliphatic heterocycles. The minimum absolute atomic E-state index is 0.134. The molecular weight excluding hydrogens is 403 g/mol. The molecule has 1 fully saturated rings. The van der Waals surface area contributed by atoms with Gasteiger partial charge in [-0.1, -0.05) is 32.0 Å². The van der Waals surface area contributed by atoms with Gasteiger partial charge in [-0.25, -0.2) is 4.39 Å². The lowest BCUT2D eigenvalue weighted by Crippen LogP contribution is -2.47. The van der Waals surface area contributed by atoms with Gasteiger partial charge >= 0.3 is 0 Å². The number of carbonyl (C=O) groups excluding carboxylic acids is 1. The normalized spacial score (nSPS) is 16.2. The lowest BCUT2D eigenvalue weighted by molar-refractivity contribution is -0.137. The lowest BCUT2D eigenvalue weighted by atomic mass is 9.84. The molecule has 0 aliphatic carbocycles. The Hall–Kier alpha value is -2.21. The van der Waals surface area contributed by atoms with Gasteiger partial charge in [0.1, 0.15) is 5.82 Å². The van der Waals surface area contributed by atoms with Crippen LogP contribution in [-0.4, -0.2) is 51.7 Å². The van der Waals surface area contributed by atoms with E-state index >= 15 is 0 Å². The number of amides is 1. The molecule has 0 N–H and O–H groups in total. The maximum Gasteiger partial charge on any atom is 0.225 e. The third-order valence-corrected chi connectivity index (χ3v) is 7.22. The van der Waals surface area contributed by atoms with E-state index in [9.17, 15) is 9.18 Å². The highest BCUT2D eigenvalue weighted by molar-refractivity contribution is 5.78. The van der Waals surface area contributed by atoms with Crippen molar-refractivity contribution in [3.05, 3.63) is 53.1 Å². The molecule has 32 heavy (non-hydrogen) atoms. The van der Waals surface area contributed by atoms with Crippen molar-refractivity contribution in [3.8, 4) is 0 Å². The zero-order valence-electron chi connectivity index (χ0n) is 20.4. The van der Waals surface area contributed by atoms with Crippen molar-refractivity contribution in [3.63, 3.8) is 0 Å². The van der Waals surface area contributed by atoms with Gasteiger partial charge in [-0.2, -0.15) is 5.10 Å². The Morgan fingerprint density at radius 2 is 1.84 bits per heavy atom. The number of halogens is 1. The van der Waals surface area contributed by atoms with E-state index < -0.39 is 0 Å². The fourth-order valence-electron chi connectivity index (χ4n) is 5.16. The van der Waals surface area contributed by atoms with Crippen LogP contribution < -0.4 is 0 Å². The Morgan fingerprint density at radius 1 is 1.19 bits per heavy atom. The summed E-state index contributed by atoms with van der Waals surface area (Å²) in [6.45, 7) is 8.61. The first-order chi connectivity index (χ1) is 15.3. The van der Waals surface area contributed by atoms with Crippen molar-refractivity contribution < 1.29 is 9.18 Å². The second-order valence-electron chi connectivity index (χ2n) is 9.37. The number of aryl methyl sites for hydroxylation is 2. The summed E-state index contributed by atoms with van der Waals surface area (Å²) in [7, 11) is 4.08. The molecule has 1 aromatic heterocycles. The van der Waals surface area contributed by atoms with Crippen LogP contribution in [0.2, 0.25) is 0 Å². The first kappa shape index (κ1) is 24.4. The molecule has 1 amide bonds. The molecule has 1 aromatic carbocycles. The van der Waals surface area contributed by atoms with Gasteiger partial charge in [0.2, 0.25) is 5.91 Å². The second kappa shape index (κ2) is 11.1. The standard InChI is InChI=1S/C26H39FN4O/c1-6-20(7-2)26(32)31-14-12-21(13-15-31)25(16-22-10-8-9-11-24(22)27)29(4)17-23-18-30(5)28-19(23)3/h8-11,18,20-21,25H,6-7,12-17H2,1-5H3. The van der Waals surface area contributed by atoms with E-state index in [1.807, 2.05) is 30.8 Å². The number of carbonyl (C=O) groups is 1. The quantitative estimate of drug-likeness (QED) is 0.571. The number of hydrogen-bond acceptors (Lipinski definition) is 3. The Morgan fingerprint density at radius 3 is 2.41 bits per heavy atom. The van der Waals surface area contributed by atoms with Crippen LogP contribution in [0.4, 0.5) is 4.39 Å². The fraction of sp³-hybridized carbons (Fsp3) is 0.615. The van der Waals surface area contributed by atoms with E-state index in [1.54, 1.807) is 12.1 Å². The van der Waals surface area contributed by atoms with Crippen molar-refractivity contribution in [2.24, 2.45) is 18.9 Å². The molecular formula is C26H39FN4O. The van der Waals surface area contributed by atoms with E-state index in [2.05, 4.69) is 42.0 Å². The maximum absolute atomic E-state index is 14.5. The third-order valence-electron chi connectivity index (χ3n) is 7.22. The van der Waals surface area contributed by atoms with Crippen molar-refractivity contribution >= 4 is 5.91 Å². The molecule has 3 rings (SSSR count). The molecule has 0 saturated carbocycles. The number of likely N-dealkylation sites (tertiary alicyclic amines) is 1. The number of rotatable bonds is 9. The minimum atomic E-state index is -0.134. The number of piperidine rings is 1. The summed E-state index contributed by atoms with van der Waals surface area (Å²) < 4.78 is 16.4. The van der Waals surface area contributed by atoms with E-state index in [-0.39, 0.29) is 17.8 Å². The summed E-state index contributed by atoms with van der Waals surface area (Å²) in [5.41, 5.74) is 3.01. The predicted octanol–water partition coefficient (Wildman–Crippen LogP) is 4.59. The van der Waals surface area contributed by atoms with Gasteiger partial charge in [0.05, 0.1) is 5.69 Å². The van der Waals surface area contributed by atoms with Crippen LogP contribution in [-0.2, 0) is 24.8 Å². The molecule has 1 saturated heterocycles. The van der Waals surface area contributed by atoms with Crippen molar-refractivity contribution in [2.45, 2.75) is 65.5 Å². The summed E-state index contributed by atoms with van der Waals surface area (Å²) in [4.78, 5) is 17.3. The van der Waals surface area contributed by atoms with Gasteiger partial charge in [0, 0.05) is 50.4 Å². The number of likely N-dealkylation sites (N-methyl/N-ethyl adjacent to an activating group) is 1. The Balaban J connectivity index is 1.74. The van der Waals surface area contributed by atoms with Gasteiger partial charge in [-0.3, -0.25) is 14.4 Å². The largest absolute Gasteiger partial charge is 0.342 e. The van der Waals surface area contributed by atoms with E-state index in [0.717, 1.165) is 56.6 Å². The van der Waals surface area contributed by atoms with E-state index in [1.165, 1.54) is 5.56 Å². The maximum atomic E-state index is 14.5. The highest BCUT2D eigenvalue weighted by Gasteiger charge is 2.33. The highest BCUT2D eigenvalue weighted by Crippen LogP contribution is 2.29. The van der Waals surface area contributed by atoms with Gasteiger partial charge in [0.15, 0.2) is 0 Å². The first-order valence-corrected chi connectivity index (χ1v) is 12.1. The first-order valence-electron chi connectivity index (χ1n) is 12.1. The summed E-state index contributed by atoms with van der Waals surface area (Å²) in [5, 5.41) is 4.48. The van der Waals surface area contributed by atoms with Crippen LogP contribution in [0.5, 0.6) is 0 Å². The van der Waals surface area contributed by atoms with Crippen LogP contribution in [0.3, 0.4) is 0 Å². The van der Waals surface area contributed by atoms with E-state index in [4.69, 9.17) is 0 Å². The number of nitrogens with zero attached hydrogens (tertiary/aromatic N) is 4. The summed E-state index contributed by atoms with van der Waals surface area (Å²) in [6, 6.07) is 7.32. The summed E-state index contributed by atoms with van der Waals surface area (Å²) in [6.07, 6.45) is 6.47. The molecule has 6 heteroatoms. The summed E-state index contributed by atoms with van der Waals surface area (Å²) >= 11 is 0. The number of hydrogen-bond donors (Lipinski definition) is 0. The minimum Gasteiger partial charge on any atom is -0.342 e. The highest BCUT2D eigenvalue weighted by atomic mass is 19.1. The predicted molar refractivity (Wildman–Crippen MR) is 127 cm³/mol. The fourth-order valence-corrected chi connectivity index (χ4v) is 5.16. The molecule has 176 valence electrons. The van der Waals surface area contributed by atoms with Crippen molar-refractivity contribution in [2.75, 3.05) is 20.1 Å². The zero-order valence-corrected chi connectivity index (χ0v) is 20.4. The van der Waals surface area contributed by atoms with Crippen LogP contribution in [0.25, 0.3) is 0 Å². The number of aromatic nitrogens is 2. The van der Waals surface area contributed by atoms with Crippen LogP contribution in [0.15, 0.2) is 30.5 Å². The van der Waals surface area contributed by atoms with Gasteiger partial charge in [0.25, 0.3) is 0 Å². The summed E-state index contributed by atoms with van der Waals surface area (Å²) in [5.74, 6) is 0.725. The van der Waals surface area contributed by atoms with Crippen LogP contribution in [0.1, 0.15) is 56.4 Å². The molecule has 0 bridgehead atoms. The SMILES string of the molecule is CCC(CC)C(=O)N1CCC(C(Cc2ccccc2F)N(C)Cc2cn(C)nc2C)CC1.